The Kier molecular flexibility index (Phi) is 9.73. The minimum absolute atomic E-state index is 0.00294. The van der Waals surface area contributed by atoms with Crippen LogP contribution in [0.3, 0.4) is 0 Å². The van der Waals surface area contributed by atoms with Crippen LogP contribution in [0.15, 0.2) is 18.2 Å². The molecule has 0 aliphatic heterocycles. The van der Waals surface area contributed by atoms with Crippen LogP contribution in [0.5, 0.6) is 0 Å². The highest BCUT2D eigenvalue weighted by atomic mass is 16.2. The van der Waals surface area contributed by atoms with Crippen molar-refractivity contribution in [1.29, 1.82) is 0 Å². The first-order valence-corrected chi connectivity index (χ1v) is 12.1. The zero-order valence-electron chi connectivity index (χ0n) is 20.6. The Morgan fingerprint density at radius 2 is 1.12 bits per heavy atom. The van der Waals surface area contributed by atoms with Gasteiger partial charge in [-0.25, -0.2) is 0 Å². The van der Waals surface area contributed by atoms with Crippen LogP contribution >= 0.6 is 0 Å². The van der Waals surface area contributed by atoms with E-state index < -0.39 is 0 Å². The SMILES string of the molecule is CC(C)CC(=O)Nc1cc(NC(=O)CC(C)C)cc(NC(=O)[C@H]2CC[C@H](C(C)C)CC2)c1. The van der Waals surface area contributed by atoms with Crippen LogP contribution in [-0.2, 0) is 14.4 Å². The molecule has 1 aliphatic rings. The first-order chi connectivity index (χ1) is 15.0. The molecule has 1 aromatic rings. The van der Waals surface area contributed by atoms with Crippen LogP contribution in [0, 0.1) is 29.6 Å². The van der Waals surface area contributed by atoms with Crippen molar-refractivity contribution in [2.75, 3.05) is 16.0 Å². The lowest BCUT2D eigenvalue weighted by Crippen LogP contribution is -2.28. The highest BCUT2D eigenvalue weighted by Crippen LogP contribution is 2.34. The number of nitrogens with one attached hydrogen (secondary N) is 3. The van der Waals surface area contributed by atoms with Gasteiger partial charge in [-0.2, -0.15) is 0 Å². The van der Waals surface area contributed by atoms with Gasteiger partial charge in [0.1, 0.15) is 0 Å². The van der Waals surface area contributed by atoms with Gasteiger partial charge in [0.05, 0.1) is 0 Å². The lowest BCUT2D eigenvalue weighted by Gasteiger charge is -2.30. The van der Waals surface area contributed by atoms with Gasteiger partial charge in [0.25, 0.3) is 0 Å². The van der Waals surface area contributed by atoms with E-state index in [0.717, 1.165) is 25.7 Å². The molecule has 1 fully saturated rings. The van der Waals surface area contributed by atoms with Crippen LogP contribution in [-0.4, -0.2) is 17.7 Å². The quantitative estimate of drug-likeness (QED) is 0.434. The molecule has 0 spiro atoms. The summed E-state index contributed by atoms with van der Waals surface area (Å²) >= 11 is 0. The van der Waals surface area contributed by atoms with Crippen molar-refractivity contribution < 1.29 is 14.4 Å². The second kappa shape index (κ2) is 12.0. The van der Waals surface area contributed by atoms with Gasteiger partial charge in [-0.05, 0) is 67.6 Å². The van der Waals surface area contributed by atoms with Crippen molar-refractivity contribution in [3.05, 3.63) is 18.2 Å². The van der Waals surface area contributed by atoms with Crippen LogP contribution in [0.2, 0.25) is 0 Å². The lowest BCUT2D eigenvalue weighted by molar-refractivity contribution is -0.121. The zero-order chi connectivity index (χ0) is 23.8. The van der Waals surface area contributed by atoms with Gasteiger partial charge in [-0.3, -0.25) is 14.4 Å². The highest BCUT2D eigenvalue weighted by molar-refractivity contribution is 5.98. The fourth-order valence-corrected chi connectivity index (χ4v) is 4.30. The molecule has 0 saturated heterocycles. The number of hydrogen-bond acceptors (Lipinski definition) is 3. The fourth-order valence-electron chi connectivity index (χ4n) is 4.30. The molecule has 1 aliphatic carbocycles. The maximum absolute atomic E-state index is 12.9. The lowest BCUT2D eigenvalue weighted by atomic mass is 9.76. The van der Waals surface area contributed by atoms with Gasteiger partial charge in [0.2, 0.25) is 17.7 Å². The molecule has 178 valence electrons. The first kappa shape index (κ1) is 25.9. The van der Waals surface area contributed by atoms with Crippen molar-refractivity contribution in [2.24, 2.45) is 29.6 Å². The number of hydrogen-bond donors (Lipinski definition) is 3. The second-order valence-electron chi connectivity index (χ2n) is 10.4. The smallest absolute Gasteiger partial charge is 0.227 e. The van der Waals surface area contributed by atoms with Crippen LogP contribution < -0.4 is 16.0 Å². The predicted octanol–water partition coefficient (Wildman–Crippen LogP) is 6.06. The van der Waals surface area contributed by atoms with E-state index in [1.165, 1.54) is 0 Å². The van der Waals surface area contributed by atoms with Crippen molar-refractivity contribution >= 4 is 34.8 Å². The largest absolute Gasteiger partial charge is 0.326 e. The Morgan fingerprint density at radius 3 is 1.50 bits per heavy atom. The minimum atomic E-state index is -0.0880. The van der Waals surface area contributed by atoms with Crippen molar-refractivity contribution in [1.82, 2.24) is 0 Å². The van der Waals surface area contributed by atoms with Crippen LogP contribution in [0.4, 0.5) is 17.1 Å². The van der Waals surface area contributed by atoms with E-state index >= 15 is 0 Å². The number of carbonyl (C=O) groups excluding carboxylic acids is 3. The topological polar surface area (TPSA) is 87.3 Å². The van der Waals surface area contributed by atoms with Gasteiger partial charge >= 0.3 is 0 Å². The molecule has 0 radical (unpaired) electrons. The predicted molar refractivity (Wildman–Crippen MR) is 132 cm³/mol. The average molecular weight is 444 g/mol. The maximum Gasteiger partial charge on any atom is 0.227 e. The first-order valence-electron chi connectivity index (χ1n) is 12.1. The summed E-state index contributed by atoms with van der Waals surface area (Å²) in [7, 11) is 0. The van der Waals surface area contributed by atoms with Gasteiger partial charge in [-0.15, -0.1) is 0 Å². The molecule has 6 nitrogen and oxygen atoms in total. The molecule has 3 amide bonds. The van der Waals surface area contributed by atoms with E-state index in [1.807, 2.05) is 27.7 Å². The van der Waals surface area contributed by atoms with E-state index in [2.05, 4.69) is 29.8 Å². The third-order valence-electron chi connectivity index (χ3n) is 6.04. The summed E-state index contributed by atoms with van der Waals surface area (Å²) in [6.45, 7) is 12.5. The summed E-state index contributed by atoms with van der Waals surface area (Å²) in [4.78, 5) is 37.5. The Hall–Kier alpha value is -2.37. The number of rotatable bonds is 9. The monoisotopic (exact) mass is 443 g/mol. The van der Waals surface area contributed by atoms with E-state index in [1.54, 1.807) is 18.2 Å². The molecule has 1 saturated carbocycles. The van der Waals surface area contributed by atoms with Crippen LogP contribution in [0.1, 0.15) is 80.1 Å². The maximum atomic E-state index is 12.9. The Balaban J connectivity index is 2.13. The highest BCUT2D eigenvalue weighted by Gasteiger charge is 2.27. The minimum Gasteiger partial charge on any atom is -0.326 e. The van der Waals surface area contributed by atoms with E-state index in [-0.39, 0.29) is 35.5 Å². The normalized spacial score (nSPS) is 18.7. The van der Waals surface area contributed by atoms with Gasteiger partial charge in [0, 0.05) is 35.8 Å². The van der Waals surface area contributed by atoms with Crippen LogP contribution in [0.25, 0.3) is 0 Å². The molecule has 6 heteroatoms. The summed E-state index contributed by atoms with van der Waals surface area (Å²) in [6.07, 6.45) is 4.78. The molecule has 1 aromatic carbocycles. The van der Waals surface area contributed by atoms with E-state index in [0.29, 0.717) is 41.7 Å². The van der Waals surface area contributed by atoms with Gasteiger partial charge < -0.3 is 16.0 Å². The Bertz CT molecular complexity index is 751. The summed E-state index contributed by atoms with van der Waals surface area (Å²) in [5.74, 6) is 1.67. The number of benzene rings is 1. The second-order valence-corrected chi connectivity index (χ2v) is 10.4. The van der Waals surface area contributed by atoms with Crippen molar-refractivity contribution in [2.45, 2.75) is 80.1 Å². The van der Waals surface area contributed by atoms with E-state index in [9.17, 15) is 14.4 Å². The summed E-state index contributed by atoms with van der Waals surface area (Å²) in [5.41, 5.74) is 1.72. The van der Waals surface area contributed by atoms with Gasteiger partial charge in [-0.1, -0.05) is 41.5 Å². The summed E-state index contributed by atoms with van der Waals surface area (Å²) in [6, 6.07) is 5.25. The molecule has 0 heterocycles. The fraction of sp³-hybridized carbons (Fsp3) is 0.654. The summed E-state index contributed by atoms with van der Waals surface area (Å²) < 4.78 is 0. The number of anilines is 3. The average Bonchev–Trinajstić information content (AvgIpc) is 2.66. The summed E-state index contributed by atoms with van der Waals surface area (Å²) in [5, 5.41) is 8.82. The molecule has 0 aromatic heterocycles. The molecule has 0 unspecified atom stereocenters. The molecule has 3 N–H and O–H groups in total. The van der Waals surface area contributed by atoms with Crippen molar-refractivity contribution in [3.8, 4) is 0 Å². The standard InChI is InChI=1S/C26H41N3O3/c1-16(2)11-24(30)27-21-13-22(28-25(31)12-17(3)4)15-23(14-21)29-26(32)20-9-7-19(8-10-20)18(5)6/h13-20H,7-12H2,1-6H3,(H,27,30)(H,28,31)(H,29,32)/t19-,20-. The Labute approximate surface area is 193 Å². The third-order valence-corrected chi connectivity index (χ3v) is 6.04. The number of amides is 3. The van der Waals surface area contributed by atoms with E-state index in [4.69, 9.17) is 0 Å². The molecule has 32 heavy (non-hydrogen) atoms. The molecule has 0 atom stereocenters. The van der Waals surface area contributed by atoms with Gasteiger partial charge in [0.15, 0.2) is 0 Å². The molecular formula is C26H41N3O3. The van der Waals surface area contributed by atoms with Crippen molar-refractivity contribution in [3.63, 3.8) is 0 Å². The Morgan fingerprint density at radius 1 is 0.719 bits per heavy atom. The number of carbonyl (C=O) groups is 3. The third kappa shape index (κ3) is 8.64. The molecular weight excluding hydrogens is 402 g/mol. The zero-order valence-corrected chi connectivity index (χ0v) is 20.6. The molecule has 0 bridgehead atoms. The molecule has 2 rings (SSSR count).